The molecule has 13 heavy (non-hydrogen) atoms. The van der Waals surface area contributed by atoms with Crippen molar-refractivity contribution in [1.82, 2.24) is 4.98 Å². The maximum Gasteiger partial charge on any atom is 0.270 e. The molecule has 1 aromatic heterocycles. The highest BCUT2D eigenvalue weighted by atomic mass is 19.3. The van der Waals surface area contributed by atoms with Gasteiger partial charge in [0, 0.05) is 24.4 Å². The monoisotopic (exact) mass is 185 g/mol. The lowest BCUT2D eigenvalue weighted by atomic mass is 10.1. The topological polar surface area (TPSA) is 12.9 Å². The van der Waals surface area contributed by atoms with Crippen LogP contribution < -0.4 is 0 Å². The van der Waals surface area contributed by atoms with Gasteiger partial charge in [-0.2, -0.15) is 0 Å². The van der Waals surface area contributed by atoms with Crippen molar-refractivity contribution in [3.63, 3.8) is 0 Å². The van der Waals surface area contributed by atoms with Gasteiger partial charge in [-0.3, -0.25) is 4.98 Å². The van der Waals surface area contributed by atoms with Gasteiger partial charge >= 0.3 is 0 Å². The lowest BCUT2D eigenvalue weighted by molar-refractivity contribution is 0.0173. The average molecular weight is 185 g/mol. The molecule has 0 N–H and O–H groups in total. The number of hydrogen-bond acceptors (Lipinski definition) is 1. The van der Waals surface area contributed by atoms with E-state index < -0.39 is 5.92 Å². The molecule has 0 radical (unpaired) electrons. The van der Waals surface area contributed by atoms with E-state index in [1.54, 1.807) is 0 Å². The molecule has 0 unspecified atom stereocenters. The van der Waals surface area contributed by atoms with Crippen LogP contribution in [0.1, 0.15) is 37.9 Å². The Hall–Kier alpha value is -0.990. The van der Waals surface area contributed by atoms with Crippen molar-refractivity contribution in [2.45, 2.75) is 32.6 Å². The second-order valence-electron chi connectivity index (χ2n) is 3.51. The Balaban J connectivity index is 3.06. The van der Waals surface area contributed by atoms with E-state index in [-0.39, 0.29) is 11.5 Å². The zero-order chi connectivity index (χ0) is 10.1. The number of rotatable bonds is 2. The molecule has 72 valence electrons. The Morgan fingerprint density at radius 1 is 1.38 bits per heavy atom. The lowest BCUT2D eigenvalue weighted by Crippen LogP contribution is -2.08. The van der Waals surface area contributed by atoms with Gasteiger partial charge in [-0.1, -0.05) is 13.8 Å². The number of alkyl halides is 2. The molecule has 1 nitrogen and oxygen atoms in total. The smallest absolute Gasteiger partial charge is 0.261 e. The average Bonchev–Trinajstić information content (AvgIpc) is 2.03. The van der Waals surface area contributed by atoms with E-state index in [4.69, 9.17) is 0 Å². The molecule has 0 aliphatic carbocycles. The van der Waals surface area contributed by atoms with E-state index in [9.17, 15) is 8.78 Å². The molecule has 0 aliphatic rings. The molecule has 1 aromatic rings. The van der Waals surface area contributed by atoms with Gasteiger partial charge in [-0.25, -0.2) is 8.78 Å². The van der Waals surface area contributed by atoms with Crippen molar-refractivity contribution in [3.05, 3.63) is 29.6 Å². The number of pyridine rings is 1. The second-order valence-corrected chi connectivity index (χ2v) is 3.51. The highest BCUT2D eigenvalue weighted by molar-refractivity contribution is 5.22. The predicted octanol–water partition coefficient (Wildman–Crippen LogP) is 3.32. The van der Waals surface area contributed by atoms with Crippen LogP contribution in [0.2, 0.25) is 0 Å². The summed E-state index contributed by atoms with van der Waals surface area (Å²) in [5.74, 6) is -2.59. The zero-order valence-electron chi connectivity index (χ0n) is 8.01. The first-order valence-electron chi connectivity index (χ1n) is 4.25. The molecule has 0 atom stereocenters. The summed E-state index contributed by atoms with van der Waals surface area (Å²) < 4.78 is 25.7. The van der Waals surface area contributed by atoms with Crippen LogP contribution >= 0.6 is 0 Å². The highest BCUT2D eigenvalue weighted by Gasteiger charge is 2.24. The van der Waals surface area contributed by atoms with Crippen LogP contribution in [0, 0.1) is 0 Å². The number of halogens is 2. The summed E-state index contributed by atoms with van der Waals surface area (Å²) in [6.07, 6.45) is 1.43. The zero-order valence-corrected chi connectivity index (χ0v) is 8.01. The molecule has 0 amide bonds. The molecule has 0 fully saturated rings. The summed E-state index contributed by atoms with van der Waals surface area (Å²) in [5, 5.41) is 0. The third-order valence-corrected chi connectivity index (χ3v) is 1.88. The van der Waals surface area contributed by atoms with Gasteiger partial charge in [-0.05, 0) is 18.1 Å². The van der Waals surface area contributed by atoms with Crippen LogP contribution in [-0.4, -0.2) is 4.98 Å². The second kappa shape index (κ2) is 3.40. The number of hydrogen-bond donors (Lipinski definition) is 0. The van der Waals surface area contributed by atoms with E-state index in [0.717, 1.165) is 6.92 Å². The largest absolute Gasteiger partial charge is 0.270 e. The predicted molar refractivity (Wildman–Crippen MR) is 47.9 cm³/mol. The van der Waals surface area contributed by atoms with E-state index in [0.29, 0.717) is 5.69 Å². The molecular weight excluding hydrogens is 172 g/mol. The lowest BCUT2D eigenvalue weighted by Gasteiger charge is -2.12. The van der Waals surface area contributed by atoms with Crippen molar-refractivity contribution in [2.75, 3.05) is 0 Å². The van der Waals surface area contributed by atoms with Crippen LogP contribution in [0.25, 0.3) is 0 Å². The minimum absolute atomic E-state index is 0.0335. The van der Waals surface area contributed by atoms with Crippen molar-refractivity contribution in [2.24, 2.45) is 0 Å². The fourth-order valence-electron chi connectivity index (χ4n) is 1.04. The Bertz CT molecular complexity index is 289. The molecule has 0 aromatic carbocycles. The van der Waals surface area contributed by atoms with Gasteiger partial charge < -0.3 is 0 Å². The minimum Gasteiger partial charge on any atom is -0.261 e. The number of aromatic nitrogens is 1. The van der Waals surface area contributed by atoms with Crippen molar-refractivity contribution >= 4 is 0 Å². The normalized spacial score (nSPS) is 12.2. The molecule has 0 saturated heterocycles. The van der Waals surface area contributed by atoms with Crippen LogP contribution in [0.3, 0.4) is 0 Å². The summed E-state index contributed by atoms with van der Waals surface area (Å²) in [5.41, 5.74) is 0.741. The van der Waals surface area contributed by atoms with E-state index in [1.807, 2.05) is 13.8 Å². The maximum atomic E-state index is 12.9. The number of nitrogens with zero attached hydrogens (tertiary/aromatic N) is 1. The van der Waals surface area contributed by atoms with Gasteiger partial charge in [0.05, 0.1) is 0 Å². The quantitative estimate of drug-likeness (QED) is 0.688. The van der Waals surface area contributed by atoms with E-state index in [1.165, 1.54) is 18.3 Å². The first kappa shape index (κ1) is 10.1. The fraction of sp³-hybridized carbons (Fsp3) is 0.500. The molecule has 1 rings (SSSR count). The van der Waals surface area contributed by atoms with Crippen molar-refractivity contribution < 1.29 is 8.78 Å². The van der Waals surface area contributed by atoms with Crippen molar-refractivity contribution in [1.29, 1.82) is 0 Å². The summed E-state index contributed by atoms with van der Waals surface area (Å²) in [4.78, 5) is 4.02. The first-order valence-corrected chi connectivity index (χ1v) is 4.25. The van der Waals surface area contributed by atoms with Gasteiger partial charge in [0.2, 0.25) is 0 Å². The highest BCUT2D eigenvalue weighted by Crippen LogP contribution is 2.27. The van der Waals surface area contributed by atoms with Crippen LogP contribution in [0.4, 0.5) is 8.78 Å². The Labute approximate surface area is 76.8 Å². The van der Waals surface area contributed by atoms with Crippen LogP contribution in [0.15, 0.2) is 18.3 Å². The minimum atomic E-state index is -2.77. The van der Waals surface area contributed by atoms with Crippen molar-refractivity contribution in [3.8, 4) is 0 Å². The van der Waals surface area contributed by atoms with E-state index in [2.05, 4.69) is 4.98 Å². The van der Waals surface area contributed by atoms with Crippen LogP contribution in [-0.2, 0) is 5.92 Å². The molecule has 0 saturated carbocycles. The van der Waals surface area contributed by atoms with Gasteiger partial charge in [0.15, 0.2) is 0 Å². The summed E-state index contributed by atoms with van der Waals surface area (Å²) in [6, 6.07) is 2.82. The maximum absolute atomic E-state index is 12.9. The summed E-state index contributed by atoms with van der Waals surface area (Å²) >= 11 is 0. The molecule has 0 bridgehead atoms. The fourth-order valence-corrected chi connectivity index (χ4v) is 1.04. The Morgan fingerprint density at radius 2 is 2.00 bits per heavy atom. The SMILES string of the molecule is CC(C)c1cc(C(C)(F)F)ccn1. The third-order valence-electron chi connectivity index (χ3n) is 1.88. The Morgan fingerprint density at radius 3 is 2.46 bits per heavy atom. The molecule has 1 heterocycles. The summed E-state index contributed by atoms with van der Waals surface area (Å²) in [6.45, 7) is 4.76. The third kappa shape index (κ3) is 2.47. The molecule has 3 heteroatoms. The molecular formula is C10H13F2N. The molecule has 0 spiro atoms. The Kier molecular flexibility index (Phi) is 2.64. The van der Waals surface area contributed by atoms with Gasteiger partial charge in [-0.15, -0.1) is 0 Å². The van der Waals surface area contributed by atoms with Crippen LogP contribution in [0.5, 0.6) is 0 Å². The van der Waals surface area contributed by atoms with E-state index >= 15 is 0 Å². The van der Waals surface area contributed by atoms with Gasteiger partial charge in [0.1, 0.15) is 0 Å². The van der Waals surface area contributed by atoms with Gasteiger partial charge in [0.25, 0.3) is 5.92 Å². The standard InChI is InChI=1S/C10H13F2N/c1-7(2)9-6-8(4-5-13-9)10(3,11)12/h4-7H,1-3H3. The summed E-state index contributed by atoms with van der Waals surface area (Å²) in [7, 11) is 0. The molecule has 0 aliphatic heterocycles. The first-order chi connectivity index (χ1) is 5.91.